The molecule has 2 aliphatic carbocycles. The van der Waals surface area contributed by atoms with Crippen LogP contribution >= 0.6 is 0 Å². The highest BCUT2D eigenvalue weighted by Crippen LogP contribution is 2.22. The molecule has 0 saturated heterocycles. The van der Waals surface area contributed by atoms with Crippen LogP contribution in [0.3, 0.4) is 0 Å². The molecule has 0 fully saturated rings. The lowest BCUT2D eigenvalue weighted by Gasteiger charge is -2.10. The number of carbonyl (C=O) groups is 1. The smallest absolute Gasteiger partial charge is 0.356 e. The van der Waals surface area contributed by atoms with Gasteiger partial charge in [-0.05, 0) is 49.8 Å². The second-order valence-electron chi connectivity index (χ2n) is 5.69. The lowest BCUT2D eigenvalue weighted by Crippen LogP contribution is -2.14. The molecule has 0 N–H and O–H groups in total. The van der Waals surface area contributed by atoms with Gasteiger partial charge in [0.05, 0.1) is 18.8 Å². The largest absolute Gasteiger partial charge is 0.461 e. The van der Waals surface area contributed by atoms with E-state index < -0.39 is 0 Å². The third kappa shape index (κ3) is 3.70. The molecule has 0 atom stereocenters. The van der Waals surface area contributed by atoms with Crippen molar-refractivity contribution in [2.24, 2.45) is 0 Å². The molecule has 1 heterocycles. The molecule has 0 unspecified atom stereocenters. The number of allylic oxidation sites excluding steroid dienone is 8. The van der Waals surface area contributed by atoms with Crippen molar-refractivity contribution < 1.29 is 9.53 Å². The summed E-state index contributed by atoms with van der Waals surface area (Å²) in [5, 5.41) is 4.65. The number of ether oxygens (including phenoxy) is 1. The first-order chi connectivity index (χ1) is 11.3. The maximum absolute atomic E-state index is 12.2. The molecule has 0 aromatic carbocycles. The first-order valence-electron chi connectivity index (χ1n) is 8.25. The number of carbonyl (C=O) groups excluding carboxylic acids is 1. The molecule has 0 amide bonds. The van der Waals surface area contributed by atoms with Gasteiger partial charge in [-0.25, -0.2) is 4.79 Å². The van der Waals surface area contributed by atoms with Gasteiger partial charge < -0.3 is 4.74 Å². The highest BCUT2D eigenvalue weighted by molar-refractivity contribution is 5.89. The van der Waals surface area contributed by atoms with Crippen molar-refractivity contribution >= 4 is 11.5 Å². The summed E-state index contributed by atoms with van der Waals surface area (Å²) in [5.74, 6) is -0.313. The van der Waals surface area contributed by atoms with Crippen molar-refractivity contribution in [2.75, 3.05) is 6.61 Å². The number of aromatic nitrogens is 2. The summed E-state index contributed by atoms with van der Waals surface area (Å²) in [6, 6.07) is 1.84. The molecule has 3 rings (SSSR count). The SMILES string of the molecule is CCOC(=O)c1cc(C2=CCCC=C2)nn1CC1=CCCC=C1. The van der Waals surface area contributed by atoms with Crippen LogP contribution in [0.5, 0.6) is 0 Å². The number of nitrogens with zero attached hydrogens (tertiary/aromatic N) is 2. The van der Waals surface area contributed by atoms with Crippen LogP contribution in [0, 0.1) is 0 Å². The van der Waals surface area contributed by atoms with Crippen LogP contribution in [0.2, 0.25) is 0 Å². The van der Waals surface area contributed by atoms with E-state index in [1.54, 1.807) is 4.68 Å². The molecule has 0 radical (unpaired) electrons. The van der Waals surface area contributed by atoms with Gasteiger partial charge >= 0.3 is 5.97 Å². The van der Waals surface area contributed by atoms with Crippen LogP contribution in [0.1, 0.15) is 48.8 Å². The van der Waals surface area contributed by atoms with Crippen molar-refractivity contribution in [2.45, 2.75) is 39.2 Å². The Morgan fingerprint density at radius 3 is 2.61 bits per heavy atom. The fourth-order valence-corrected chi connectivity index (χ4v) is 2.81. The Bertz CT molecular complexity index is 705. The van der Waals surface area contributed by atoms with Gasteiger partial charge in [-0.15, -0.1) is 0 Å². The van der Waals surface area contributed by atoms with Crippen LogP contribution in [0.4, 0.5) is 0 Å². The lowest BCUT2D eigenvalue weighted by molar-refractivity contribution is 0.0512. The number of esters is 1. The Hall–Kier alpha value is -2.36. The predicted molar refractivity (Wildman–Crippen MR) is 91.0 cm³/mol. The van der Waals surface area contributed by atoms with Gasteiger partial charge in [-0.3, -0.25) is 4.68 Å². The second-order valence-corrected chi connectivity index (χ2v) is 5.69. The van der Waals surface area contributed by atoms with Gasteiger partial charge in [0.2, 0.25) is 0 Å². The molecular formula is C19H22N2O2. The fraction of sp³-hybridized carbons (Fsp3) is 0.368. The zero-order chi connectivity index (χ0) is 16.1. The van der Waals surface area contributed by atoms with E-state index in [1.165, 1.54) is 5.57 Å². The van der Waals surface area contributed by atoms with Crippen molar-refractivity contribution in [3.05, 3.63) is 59.5 Å². The van der Waals surface area contributed by atoms with E-state index in [4.69, 9.17) is 4.74 Å². The molecule has 0 bridgehead atoms. The molecule has 4 heteroatoms. The zero-order valence-electron chi connectivity index (χ0n) is 13.5. The van der Waals surface area contributed by atoms with Gasteiger partial charge in [-0.2, -0.15) is 5.10 Å². The number of hydrogen-bond acceptors (Lipinski definition) is 3. The highest BCUT2D eigenvalue weighted by Gasteiger charge is 2.18. The van der Waals surface area contributed by atoms with Crippen molar-refractivity contribution in [3.63, 3.8) is 0 Å². The molecular weight excluding hydrogens is 288 g/mol. The van der Waals surface area contributed by atoms with Gasteiger partial charge in [0.15, 0.2) is 0 Å². The molecule has 1 aromatic rings. The summed E-state index contributed by atoms with van der Waals surface area (Å²) in [6.45, 7) is 2.78. The van der Waals surface area contributed by atoms with Crippen LogP contribution in [-0.4, -0.2) is 22.4 Å². The third-order valence-corrected chi connectivity index (χ3v) is 3.96. The molecule has 4 nitrogen and oxygen atoms in total. The van der Waals surface area contributed by atoms with E-state index in [9.17, 15) is 4.79 Å². The number of hydrogen-bond donors (Lipinski definition) is 0. The average Bonchev–Trinajstić information content (AvgIpc) is 3.01. The Kier molecular flexibility index (Phi) is 4.91. The summed E-state index contributed by atoms with van der Waals surface area (Å²) in [4.78, 5) is 12.2. The van der Waals surface area contributed by atoms with Gasteiger partial charge in [-0.1, -0.05) is 36.5 Å². The summed E-state index contributed by atoms with van der Waals surface area (Å²) in [7, 11) is 0. The standard InChI is InChI=1S/C19H22N2O2/c1-2-23-19(22)18-13-17(16-11-7-4-8-12-16)20-21(18)14-15-9-5-3-6-10-15/h5,7,9-13H,2-4,6,8,14H2,1H3. The molecule has 0 saturated carbocycles. The van der Waals surface area contributed by atoms with Crippen LogP contribution in [0.15, 0.2) is 48.1 Å². The summed E-state index contributed by atoms with van der Waals surface area (Å²) in [5.41, 5.74) is 3.62. The molecule has 0 spiro atoms. The van der Waals surface area contributed by atoms with E-state index in [2.05, 4.69) is 41.6 Å². The third-order valence-electron chi connectivity index (χ3n) is 3.96. The first kappa shape index (κ1) is 15.5. The van der Waals surface area contributed by atoms with E-state index >= 15 is 0 Å². The summed E-state index contributed by atoms with van der Waals surface area (Å²) >= 11 is 0. The maximum atomic E-state index is 12.2. The minimum Gasteiger partial charge on any atom is -0.461 e. The van der Waals surface area contributed by atoms with E-state index in [0.29, 0.717) is 18.8 Å². The van der Waals surface area contributed by atoms with Crippen LogP contribution in [0.25, 0.3) is 5.57 Å². The molecule has 23 heavy (non-hydrogen) atoms. The molecule has 0 aliphatic heterocycles. The molecule has 1 aromatic heterocycles. The average molecular weight is 310 g/mol. The Balaban J connectivity index is 1.91. The van der Waals surface area contributed by atoms with Crippen LogP contribution in [-0.2, 0) is 11.3 Å². The van der Waals surface area contributed by atoms with Gasteiger partial charge in [0.1, 0.15) is 5.69 Å². The topological polar surface area (TPSA) is 44.1 Å². The number of rotatable bonds is 5. The fourth-order valence-electron chi connectivity index (χ4n) is 2.81. The van der Waals surface area contributed by atoms with Crippen molar-refractivity contribution in [1.82, 2.24) is 9.78 Å². The van der Waals surface area contributed by atoms with Crippen molar-refractivity contribution in [1.29, 1.82) is 0 Å². The lowest BCUT2D eigenvalue weighted by atomic mass is 10.0. The van der Waals surface area contributed by atoms with Gasteiger partial charge in [0.25, 0.3) is 0 Å². The predicted octanol–water partition coefficient (Wildman–Crippen LogP) is 4.07. The second kappa shape index (κ2) is 7.27. The van der Waals surface area contributed by atoms with Gasteiger partial charge in [0, 0.05) is 0 Å². The van der Waals surface area contributed by atoms with E-state index in [0.717, 1.165) is 37.0 Å². The van der Waals surface area contributed by atoms with Crippen LogP contribution < -0.4 is 0 Å². The maximum Gasteiger partial charge on any atom is 0.356 e. The van der Waals surface area contributed by atoms with Crippen molar-refractivity contribution in [3.8, 4) is 0 Å². The molecule has 2 aliphatic rings. The summed E-state index contributed by atoms with van der Waals surface area (Å²) < 4.78 is 6.95. The minimum absolute atomic E-state index is 0.313. The Morgan fingerprint density at radius 1 is 1.17 bits per heavy atom. The molecule has 120 valence electrons. The normalized spacial score (nSPS) is 16.9. The monoisotopic (exact) mass is 310 g/mol. The zero-order valence-corrected chi connectivity index (χ0v) is 13.5. The Labute approximate surface area is 136 Å². The minimum atomic E-state index is -0.313. The Morgan fingerprint density at radius 2 is 1.96 bits per heavy atom. The highest BCUT2D eigenvalue weighted by atomic mass is 16.5. The first-order valence-corrected chi connectivity index (χ1v) is 8.25. The quantitative estimate of drug-likeness (QED) is 0.770. The van der Waals surface area contributed by atoms with E-state index in [1.807, 2.05) is 13.0 Å². The van der Waals surface area contributed by atoms with E-state index in [-0.39, 0.29) is 5.97 Å². The summed E-state index contributed by atoms with van der Waals surface area (Å²) in [6.07, 6.45) is 17.1.